The average Bonchev–Trinajstić information content (AvgIpc) is 2.61. The Morgan fingerprint density at radius 3 is 2.92 bits per heavy atom. The average molecular weight is 177 g/mol. The number of halogens is 1. The molecule has 0 aromatic heterocycles. The highest BCUT2D eigenvalue weighted by molar-refractivity contribution is 6.02. The van der Waals surface area contributed by atoms with E-state index in [-0.39, 0.29) is 5.82 Å². The zero-order valence-corrected chi connectivity index (χ0v) is 7.68. The molecule has 0 amide bonds. The number of hydrogen-bond acceptors (Lipinski definition) is 1. The molecule has 0 atom stereocenters. The molecule has 0 bridgehead atoms. The largest absolute Gasteiger partial charge is 0.289 e. The zero-order valence-electron chi connectivity index (χ0n) is 7.68. The molecule has 0 saturated carbocycles. The van der Waals surface area contributed by atoms with Gasteiger partial charge in [-0.15, -0.1) is 0 Å². The third-order valence-electron chi connectivity index (χ3n) is 2.38. The molecule has 68 valence electrons. The summed E-state index contributed by atoms with van der Waals surface area (Å²) in [6.07, 6.45) is 2.09. The Balaban J connectivity index is 2.43. The lowest BCUT2D eigenvalue weighted by molar-refractivity contribution is 0.627. The fraction of sp³-hybridized carbons (Fsp3) is 0.364. The van der Waals surface area contributed by atoms with Gasteiger partial charge in [0.1, 0.15) is 5.82 Å². The van der Waals surface area contributed by atoms with Gasteiger partial charge in [0.2, 0.25) is 0 Å². The summed E-state index contributed by atoms with van der Waals surface area (Å²) in [7, 11) is 0. The third kappa shape index (κ3) is 1.62. The summed E-state index contributed by atoms with van der Waals surface area (Å²) in [4.78, 5) is 4.36. The highest BCUT2D eigenvalue weighted by atomic mass is 19.1. The van der Waals surface area contributed by atoms with Crippen LogP contribution in [0.5, 0.6) is 0 Å². The van der Waals surface area contributed by atoms with Gasteiger partial charge in [0.05, 0.1) is 0 Å². The van der Waals surface area contributed by atoms with Crippen LogP contribution in [0.3, 0.4) is 0 Å². The molecule has 0 fully saturated rings. The second-order valence-electron chi connectivity index (χ2n) is 3.39. The van der Waals surface area contributed by atoms with Crippen LogP contribution in [0.15, 0.2) is 23.2 Å². The molecule has 2 heteroatoms. The van der Waals surface area contributed by atoms with E-state index in [0.29, 0.717) is 0 Å². The van der Waals surface area contributed by atoms with Crippen molar-refractivity contribution >= 4 is 5.71 Å². The summed E-state index contributed by atoms with van der Waals surface area (Å²) >= 11 is 0. The summed E-state index contributed by atoms with van der Waals surface area (Å²) in [6.45, 7) is 2.89. The van der Waals surface area contributed by atoms with Crippen LogP contribution in [0.4, 0.5) is 4.39 Å². The van der Waals surface area contributed by atoms with E-state index in [4.69, 9.17) is 0 Å². The molecule has 0 radical (unpaired) electrons. The molecular weight excluding hydrogens is 165 g/mol. The van der Waals surface area contributed by atoms with Gasteiger partial charge in [-0.1, -0.05) is 6.07 Å². The fourth-order valence-corrected chi connectivity index (χ4v) is 1.66. The van der Waals surface area contributed by atoms with E-state index in [2.05, 4.69) is 4.99 Å². The fourth-order valence-electron chi connectivity index (χ4n) is 1.66. The summed E-state index contributed by atoms with van der Waals surface area (Å²) in [5.41, 5.74) is 3.16. The Morgan fingerprint density at radius 2 is 2.23 bits per heavy atom. The third-order valence-corrected chi connectivity index (χ3v) is 2.38. The minimum atomic E-state index is -0.171. The molecule has 0 spiro atoms. The van der Waals surface area contributed by atoms with E-state index >= 15 is 0 Å². The van der Waals surface area contributed by atoms with Crippen molar-refractivity contribution in [1.29, 1.82) is 0 Å². The summed E-state index contributed by atoms with van der Waals surface area (Å²) in [5, 5.41) is 0. The van der Waals surface area contributed by atoms with Crippen molar-refractivity contribution in [2.45, 2.75) is 19.8 Å². The van der Waals surface area contributed by atoms with E-state index in [1.54, 1.807) is 6.07 Å². The van der Waals surface area contributed by atoms with E-state index in [9.17, 15) is 4.39 Å². The maximum atomic E-state index is 12.9. The normalized spacial score (nSPS) is 16.0. The lowest BCUT2D eigenvalue weighted by Crippen LogP contribution is -1.99. The molecule has 0 unspecified atom stereocenters. The summed E-state index contributed by atoms with van der Waals surface area (Å²) in [6, 6.07) is 4.89. The topological polar surface area (TPSA) is 12.4 Å². The number of hydrogen-bond donors (Lipinski definition) is 0. The van der Waals surface area contributed by atoms with Crippen molar-refractivity contribution in [1.82, 2.24) is 0 Å². The van der Waals surface area contributed by atoms with Crippen LogP contribution in [-0.2, 0) is 0 Å². The zero-order chi connectivity index (χ0) is 9.26. The van der Waals surface area contributed by atoms with Gasteiger partial charge in [0.15, 0.2) is 0 Å². The van der Waals surface area contributed by atoms with Crippen molar-refractivity contribution in [3.63, 3.8) is 0 Å². The molecule has 1 aliphatic heterocycles. The number of nitrogens with zero attached hydrogens (tertiary/aromatic N) is 1. The first-order valence-electron chi connectivity index (χ1n) is 4.57. The van der Waals surface area contributed by atoms with Gasteiger partial charge in [0.25, 0.3) is 0 Å². The molecular formula is C11H12FN. The van der Waals surface area contributed by atoms with Crippen molar-refractivity contribution < 1.29 is 4.39 Å². The van der Waals surface area contributed by atoms with Crippen molar-refractivity contribution in [3.05, 3.63) is 35.1 Å². The van der Waals surface area contributed by atoms with Gasteiger partial charge >= 0.3 is 0 Å². The SMILES string of the molecule is Cc1ccc(F)cc1C1=NCCC1. The summed E-state index contributed by atoms with van der Waals surface area (Å²) in [5.74, 6) is -0.171. The van der Waals surface area contributed by atoms with E-state index in [1.807, 2.05) is 13.0 Å². The van der Waals surface area contributed by atoms with Crippen molar-refractivity contribution in [2.75, 3.05) is 6.54 Å². The Hall–Kier alpha value is -1.18. The molecule has 1 heterocycles. The molecule has 1 aromatic rings. The number of aryl methyl sites for hydroxylation is 1. The van der Waals surface area contributed by atoms with Gasteiger partial charge in [-0.2, -0.15) is 0 Å². The van der Waals surface area contributed by atoms with Gasteiger partial charge in [-0.05, 0) is 37.5 Å². The van der Waals surface area contributed by atoms with Crippen LogP contribution in [0, 0.1) is 12.7 Å². The van der Waals surface area contributed by atoms with Crippen LogP contribution in [0.1, 0.15) is 24.0 Å². The molecule has 13 heavy (non-hydrogen) atoms. The lowest BCUT2D eigenvalue weighted by Gasteiger charge is -2.04. The van der Waals surface area contributed by atoms with Gasteiger partial charge in [-0.3, -0.25) is 4.99 Å². The molecule has 0 saturated heterocycles. The van der Waals surface area contributed by atoms with Crippen LogP contribution in [0.25, 0.3) is 0 Å². The predicted molar refractivity (Wildman–Crippen MR) is 51.8 cm³/mol. The van der Waals surface area contributed by atoms with E-state index < -0.39 is 0 Å². The molecule has 1 aromatic carbocycles. The van der Waals surface area contributed by atoms with E-state index in [0.717, 1.165) is 36.2 Å². The molecule has 0 aliphatic carbocycles. The minimum absolute atomic E-state index is 0.171. The number of benzene rings is 1. The van der Waals surface area contributed by atoms with Gasteiger partial charge in [0, 0.05) is 17.8 Å². The molecule has 2 rings (SSSR count). The second kappa shape index (κ2) is 3.29. The lowest BCUT2D eigenvalue weighted by atomic mass is 10.0. The Bertz CT molecular complexity index is 355. The first-order valence-corrected chi connectivity index (χ1v) is 4.57. The van der Waals surface area contributed by atoms with Crippen LogP contribution >= 0.6 is 0 Å². The Morgan fingerprint density at radius 1 is 1.38 bits per heavy atom. The highest BCUT2D eigenvalue weighted by Crippen LogP contribution is 2.17. The number of aliphatic imine (C=N–C) groups is 1. The Kier molecular flexibility index (Phi) is 2.13. The van der Waals surface area contributed by atoms with Crippen LogP contribution in [-0.4, -0.2) is 12.3 Å². The molecule has 1 nitrogen and oxygen atoms in total. The van der Waals surface area contributed by atoms with Crippen molar-refractivity contribution in [2.24, 2.45) is 4.99 Å². The minimum Gasteiger partial charge on any atom is -0.289 e. The molecule has 1 aliphatic rings. The maximum absolute atomic E-state index is 12.9. The number of rotatable bonds is 1. The highest BCUT2D eigenvalue weighted by Gasteiger charge is 2.11. The first-order chi connectivity index (χ1) is 6.27. The summed E-state index contributed by atoms with van der Waals surface area (Å²) < 4.78 is 12.9. The van der Waals surface area contributed by atoms with Gasteiger partial charge < -0.3 is 0 Å². The quantitative estimate of drug-likeness (QED) is 0.625. The van der Waals surface area contributed by atoms with Gasteiger partial charge in [-0.25, -0.2) is 4.39 Å². The smallest absolute Gasteiger partial charge is 0.123 e. The Labute approximate surface area is 77.3 Å². The predicted octanol–water partition coefficient (Wildman–Crippen LogP) is 2.72. The van der Waals surface area contributed by atoms with E-state index in [1.165, 1.54) is 6.07 Å². The first kappa shape index (κ1) is 8.42. The second-order valence-corrected chi connectivity index (χ2v) is 3.39. The monoisotopic (exact) mass is 177 g/mol. The van der Waals surface area contributed by atoms with Crippen LogP contribution < -0.4 is 0 Å². The maximum Gasteiger partial charge on any atom is 0.123 e. The van der Waals surface area contributed by atoms with Crippen molar-refractivity contribution in [3.8, 4) is 0 Å². The van der Waals surface area contributed by atoms with Crippen LogP contribution in [0.2, 0.25) is 0 Å². The standard InChI is InChI=1S/C11H12FN/c1-8-4-5-9(12)7-10(8)11-3-2-6-13-11/h4-5,7H,2-3,6H2,1H3. The molecule has 0 N–H and O–H groups in total.